The number of carboxylic acids is 1. The maximum Gasteiger partial charge on any atom is 0.332 e. The third kappa shape index (κ3) is 5.93. The number of hydrogen-bond donors (Lipinski definition) is 3. The summed E-state index contributed by atoms with van der Waals surface area (Å²) in [5.41, 5.74) is 0.921. The number of tetrazole rings is 1. The lowest BCUT2D eigenvalue weighted by atomic mass is 9.65. The van der Waals surface area contributed by atoms with Crippen LogP contribution in [0.3, 0.4) is 0 Å². The van der Waals surface area contributed by atoms with Crippen LogP contribution < -0.4 is 5.32 Å². The van der Waals surface area contributed by atoms with Gasteiger partial charge >= 0.3 is 23.8 Å². The van der Waals surface area contributed by atoms with Gasteiger partial charge in [0.2, 0.25) is 5.16 Å². The van der Waals surface area contributed by atoms with Crippen molar-refractivity contribution in [3.05, 3.63) is 41.0 Å². The third-order valence-electron chi connectivity index (χ3n) is 7.90. The van der Waals surface area contributed by atoms with Gasteiger partial charge in [-0.25, -0.2) is 14.3 Å². The number of piperazine rings is 1. The van der Waals surface area contributed by atoms with Gasteiger partial charge < -0.3 is 20.4 Å². The van der Waals surface area contributed by atoms with Crippen LogP contribution in [-0.2, 0) is 31.0 Å². The highest BCUT2D eigenvalue weighted by Crippen LogP contribution is 2.51. The predicted molar refractivity (Wildman–Crippen MR) is 155 cm³/mol. The molecule has 2 aliphatic heterocycles. The number of nitrogens with one attached hydrogen (secondary N) is 1. The van der Waals surface area contributed by atoms with E-state index in [0.29, 0.717) is 28.6 Å². The van der Waals surface area contributed by atoms with E-state index in [-0.39, 0.29) is 42.4 Å². The molecule has 1 aromatic carbocycles. The molecule has 1 saturated carbocycles. The average Bonchev–Trinajstić information content (AvgIpc) is 3.42. The minimum absolute atomic E-state index is 0.0304. The molecule has 3 heterocycles. The van der Waals surface area contributed by atoms with Crippen molar-refractivity contribution in [3.8, 4) is 5.75 Å². The van der Waals surface area contributed by atoms with Crippen molar-refractivity contribution in [1.29, 1.82) is 0 Å². The summed E-state index contributed by atoms with van der Waals surface area (Å²) in [7, 11) is 1.66. The number of phenols is 1. The van der Waals surface area contributed by atoms with Crippen molar-refractivity contribution in [2.75, 3.05) is 31.1 Å². The molecule has 232 valence electrons. The minimum Gasteiger partial charge on any atom is -0.508 e. The van der Waals surface area contributed by atoms with Gasteiger partial charge in [0.15, 0.2) is 5.78 Å². The molecule has 44 heavy (non-hydrogen) atoms. The number of carbonyl (C=O) groups is 6. The summed E-state index contributed by atoms with van der Waals surface area (Å²) >= 11 is 2.67. The lowest BCUT2D eigenvalue weighted by molar-refractivity contribution is -0.153. The number of fused-ring (bicyclic) bond motifs is 1. The van der Waals surface area contributed by atoms with Crippen molar-refractivity contribution in [3.63, 3.8) is 0 Å². The quantitative estimate of drug-likeness (QED) is 0.237. The van der Waals surface area contributed by atoms with E-state index < -0.39 is 52.7 Å². The van der Waals surface area contributed by atoms with Gasteiger partial charge in [0.25, 0.3) is 0 Å². The number of amides is 4. The Morgan fingerprint density at radius 3 is 2.50 bits per heavy atom. The van der Waals surface area contributed by atoms with E-state index in [1.54, 1.807) is 14.0 Å². The van der Waals surface area contributed by atoms with Crippen LogP contribution >= 0.6 is 23.5 Å². The fourth-order valence-electron chi connectivity index (χ4n) is 5.52. The Hall–Kier alpha value is -4.25. The summed E-state index contributed by atoms with van der Waals surface area (Å²) in [6.07, 6.45) is -0.281. The number of thioether (sulfide) groups is 2. The highest BCUT2D eigenvalue weighted by Gasteiger charge is 2.56. The van der Waals surface area contributed by atoms with Crippen LogP contribution in [0.2, 0.25) is 0 Å². The number of aliphatic carboxylic acids is 1. The molecule has 17 heteroatoms. The number of aryl methyl sites for hydroxylation is 1. The third-order valence-corrected chi connectivity index (χ3v) is 10.5. The maximum atomic E-state index is 13.7. The highest BCUT2D eigenvalue weighted by molar-refractivity contribution is 8.01. The second-order valence-corrected chi connectivity index (χ2v) is 12.6. The van der Waals surface area contributed by atoms with Crippen LogP contribution in [0.15, 0.2) is 40.6 Å². The number of aromatic nitrogens is 4. The minimum atomic E-state index is -1.29. The molecule has 1 saturated heterocycles. The van der Waals surface area contributed by atoms with Crippen LogP contribution in [0.25, 0.3) is 0 Å². The van der Waals surface area contributed by atoms with Gasteiger partial charge in [-0.1, -0.05) is 23.9 Å². The molecule has 1 aliphatic carbocycles. The number of carbonyl (C=O) groups excluding carboxylic acids is 5. The van der Waals surface area contributed by atoms with Crippen molar-refractivity contribution in [2.45, 2.75) is 29.8 Å². The van der Waals surface area contributed by atoms with Gasteiger partial charge in [-0.15, -0.1) is 5.10 Å². The second-order valence-electron chi connectivity index (χ2n) is 10.4. The van der Waals surface area contributed by atoms with Gasteiger partial charge in [0, 0.05) is 61.3 Å². The van der Waals surface area contributed by atoms with E-state index >= 15 is 0 Å². The number of carboxylic acid groups (broad SMARTS) is 1. The smallest absolute Gasteiger partial charge is 0.332 e. The monoisotopic (exact) mass is 643 g/mol. The number of imide groups is 1. The molecular weight excluding hydrogens is 614 g/mol. The standard InChI is InChI=1S/C27H29N7O8S2/c1-3-33-8-9-34(24(39)23(33)38)26(42)28-20(13-4-6-15(35)7-5-13)17(36)10-16-21(37)19-18(25(40)41)14(11-43-22(16)19)12-44-27-29-30-31-32(27)2/h4-7,16,19-20,22,35H,3,8-12H2,1-2H3,(H,28,42)(H,40,41)/t16-,19?,20-,22?/m1/s1. The molecule has 5 rings (SSSR count). The Labute approximate surface area is 259 Å². The lowest BCUT2D eigenvalue weighted by Gasteiger charge is -2.46. The fourth-order valence-corrected chi connectivity index (χ4v) is 8.10. The highest BCUT2D eigenvalue weighted by atomic mass is 32.2. The van der Waals surface area contributed by atoms with Gasteiger partial charge in [0.05, 0.1) is 5.92 Å². The van der Waals surface area contributed by atoms with E-state index in [1.807, 2.05) is 0 Å². The first-order valence-corrected chi connectivity index (χ1v) is 15.7. The molecule has 3 aliphatic rings. The zero-order chi connectivity index (χ0) is 31.7. The molecule has 3 N–H and O–H groups in total. The molecular formula is C27H29N7O8S2. The van der Waals surface area contributed by atoms with Gasteiger partial charge in [-0.3, -0.25) is 24.1 Å². The number of urea groups is 1. The number of phenolic OH excluding ortho intramolecular Hbond substituents is 1. The van der Waals surface area contributed by atoms with Crippen LogP contribution in [0.1, 0.15) is 24.9 Å². The number of benzene rings is 1. The lowest BCUT2D eigenvalue weighted by Crippen LogP contribution is -2.59. The topological polar surface area (TPSA) is 205 Å². The summed E-state index contributed by atoms with van der Waals surface area (Å²) in [5.74, 6) is -5.04. The average molecular weight is 644 g/mol. The first kappa shape index (κ1) is 31.2. The first-order chi connectivity index (χ1) is 21.0. The van der Waals surface area contributed by atoms with Gasteiger partial charge in [0.1, 0.15) is 17.6 Å². The number of likely N-dealkylation sites (N-methyl/N-ethyl adjacent to an activating group) is 1. The van der Waals surface area contributed by atoms with Crippen LogP contribution in [-0.4, -0.2) is 112 Å². The fraction of sp³-hybridized carbons (Fsp3) is 0.444. The Morgan fingerprint density at radius 1 is 1.14 bits per heavy atom. The van der Waals surface area contributed by atoms with Gasteiger partial charge in [-0.05, 0) is 40.6 Å². The molecule has 1 aromatic heterocycles. The molecule has 2 unspecified atom stereocenters. The molecule has 0 bridgehead atoms. The van der Waals surface area contributed by atoms with Gasteiger partial charge in [-0.2, -0.15) is 11.8 Å². The first-order valence-electron chi connectivity index (χ1n) is 13.7. The Balaban J connectivity index is 1.31. The number of nitrogens with zero attached hydrogens (tertiary/aromatic N) is 6. The van der Waals surface area contributed by atoms with Crippen LogP contribution in [0, 0.1) is 11.8 Å². The van der Waals surface area contributed by atoms with E-state index in [2.05, 4.69) is 20.8 Å². The number of hydrogen-bond acceptors (Lipinski definition) is 12. The SMILES string of the molecule is CCN1CCN(C(=O)N[C@@H](C(=O)C[C@@H]2C(=O)C3C(C(=O)O)=C(CSc4nnnn4C)CSC32)c2ccc(O)cc2)C(=O)C1=O. The largest absolute Gasteiger partial charge is 0.508 e. The van der Waals surface area contributed by atoms with E-state index in [0.717, 1.165) is 4.90 Å². The molecule has 2 fully saturated rings. The van der Waals surface area contributed by atoms with Crippen molar-refractivity contribution in [2.24, 2.45) is 18.9 Å². The summed E-state index contributed by atoms with van der Waals surface area (Å²) in [4.78, 5) is 79.5. The van der Waals surface area contributed by atoms with Crippen molar-refractivity contribution in [1.82, 2.24) is 35.3 Å². The molecule has 0 radical (unpaired) electrons. The zero-order valence-electron chi connectivity index (χ0n) is 23.7. The zero-order valence-corrected chi connectivity index (χ0v) is 25.3. The number of aromatic hydroxyl groups is 1. The number of Topliss-reactive ketones (excluding diaryl/α,β-unsaturated/α-hetero) is 2. The summed E-state index contributed by atoms with van der Waals surface area (Å²) in [6.45, 7) is 2.12. The molecule has 15 nitrogen and oxygen atoms in total. The predicted octanol–water partition coefficient (Wildman–Crippen LogP) is 0.420. The summed E-state index contributed by atoms with van der Waals surface area (Å²) in [6, 6.07) is 3.30. The number of ketones is 2. The van der Waals surface area contributed by atoms with Crippen molar-refractivity contribution >= 4 is 58.9 Å². The molecule has 4 amide bonds. The van der Waals surface area contributed by atoms with Crippen LogP contribution in [0.4, 0.5) is 4.79 Å². The maximum absolute atomic E-state index is 13.7. The van der Waals surface area contributed by atoms with E-state index in [4.69, 9.17) is 0 Å². The molecule has 4 atom stereocenters. The van der Waals surface area contributed by atoms with E-state index in [9.17, 15) is 39.0 Å². The summed E-state index contributed by atoms with van der Waals surface area (Å²) < 4.78 is 1.46. The normalized spacial score (nSPS) is 22.4. The Kier molecular flexibility index (Phi) is 9.05. The summed E-state index contributed by atoms with van der Waals surface area (Å²) in [5, 5.41) is 33.6. The molecule has 0 spiro atoms. The molecule has 2 aromatic rings. The second kappa shape index (κ2) is 12.8. The Bertz CT molecular complexity index is 1560. The van der Waals surface area contributed by atoms with Crippen molar-refractivity contribution < 1.29 is 39.0 Å². The van der Waals surface area contributed by atoms with Crippen LogP contribution in [0.5, 0.6) is 5.75 Å². The van der Waals surface area contributed by atoms with E-state index in [1.165, 1.54) is 57.4 Å². The number of rotatable bonds is 10. The Morgan fingerprint density at radius 2 is 1.86 bits per heavy atom.